The van der Waals surface area contributed by atoms with E-state index in [0.717, 1.165) is 18.4 Å². The predicted molar refractivity (Wildman–Crippen MR) is 238 cm³/mol. The first-order valence-electron chi connectivity index (χ1n) is 23.3. The van der Waals surface area contributed by atoms with Crippen LogP contribution in [-0.2, 0) is 42.9 Å². The number of esters is 1. The van der Waals surface area contributed by atoms with E-state index in [1.807, 2.05) is 65.0 Å². The first-order valence-corrected chi connectivity index (χ1v) is 23.3. The van der Waals surface area contributed by atoms with Crippen LogP contribution in [0.1, 0.15) is 132 Å². The van der Waals surface area contributed by atoms with E-state index in [2.05, 4.69) is 0 Å². The van der Waals surface area contributed by atoms with Crippen molar-refractivity contribution in [2.75, 3.05) is 20.8 Å². The minimum atomic E-state index is -1.28. The third kappa shape index (κ3) is 14.4. The molecule has 12 heteroatoms. The van der Waals surface area contributed by atoms with Crippen LogP contribution in [0.3, 0.4) is 0 Å². The fourth-order valence-electron chi connectivity index (χ4n) is 9.81. The summed E-state index contributed by atoms with van der Waals surface area (Å²) >= 11 is 0. The van der Waals surface area contributed by atoms with Crippen molar-refractivity contribution in [2.45, 2.75) is 181 Å². The molecule has 1 aliphatic carbocycles. The zero-order valence-electron chi connectivity index (χ0n) is 39.0. The summed E-state index contributed by atoms with van der Waals surface area (Å²) in [5.74, 6) is -3.67. The Morgan fingerprint density at radius 3 is 2.23 bits per heavy atom. The highest BCUT2D eigenvalue weighted by Gasteiger charge is 2.44. The molecule has 2 N–H and O–H groups in total. The van der Waals surface area contributed by atoms with Gasteiger partial charge in [0, 0.05) is 45.4 Å². The minimum Gasteiger partial charge on any atom is -0.460 e. The molecule has 0 aromatic carbocycles. The van der Waals surface area contributed by atoms with Crippen LogP contribution in [0.2, 0.25) is 0 Å². The van der Waals surface area contributed by atoms with Crippen molar-refractivity contribution in [1.82, 2.24) is 4.90 Å². The number of aliphatic hydroxyl groups is 2. The molecule has 3 fully saturated rings. The van der Waals surface area contributed by atoms with E-state index < -0.39 is 60.0 Å². The minimum absolute atomic E-state index is 0.0543. The van der Waals surface area contributed by atoms with Crippen LogP contribution in [0, 0.1) is 35.5 Å². The zero-order chi connectivity index (χ0) is 45.7. The summed E-state index contributed by atoms with van der Waals surface area (Å²) in [6, 6.07) is -0.988. The number of carbonyl (C=O) groups is 5. The summed E-state index contributed by atoms with van der Waals surface area (Å²) in [4.78, 5) is 71.5. The number of allylic oxidation sites excluding steroid dienone is 6. The summed E-state index contributed by atoms with van der Waals surface area (Å²) in [6.45, 7) is 13.3. The van der Waals surface area contributed by atoms with Crippen molar-refractivity contribution in [2.24, 2.45) is 35.5 Å². The van der Waals surface area contributed by atoms with Gasteiger partial charge in [0.15, 0.2) is 5.78 Å². The van der Waals surface area contributed by atoms with E-state index >= 15 is 0 Å². The second-order valence-corrected chi connectivity index (χ2v) is 19.1. The van der Waals surface area contributed by atoms with Gasteiger partial charge in [-0.15, -0.1) is 0 Å². The molecular formula is C50H77NO11. The van der Waals surface area contributed by atoms with E-state index in [4.69, 9.17) is 18.9 Å². The molecule has 12 nitrogen and oxygen atoms in total. The van der Waals surface area contributed by atoms with Gasteiger partial charge in [0.1, 0.15) is 36.2 Å². The van der Waals surface area contributed by atoms with Crippen LogP contribution in [0.5, 0.6) is 0 Å². The molecule has 0 radical (unpaired) electrons. The van der Waals surface area contributed by atoms with Gasteiger partial charge in [-0.05, 0) is 119 Å². The van der Waals surface area contributed by atoms with E-state index in [-0.39, 0.29) is 60.6 Å². The molecule has 0 aromatic rings. The molecule has 1 amide bonds. The van der Waals surface area contributed by atoms with E-state index in [1.165, 1.54) is 12.0 Å². The quantitative estimate of drug-likeness (QED) is 0.163. The number of methoxy groups -OCH3 is 2. The molecule has 3 aliphatic heterocycles. The fraction of sp³-hybridized carbons (Fsp3) is 0.740. The van der Waals surface area contributed by atoms with E-state index in [0.29, 0.717) is 75.7 Å². The van der Waals surface area contributed by atoms with Gasteiger partial charge in [-0.3, -0.25) is 19.2 Å². The number of hydrogen-bond acceptors (Lipinski definition) is 11. The highest BCUT2D eigenvalue weighted by Crippen LogP contribution is 2.34. The summed E-state index contributed by atoms with van der Waals surface area (Å²) in [7, 11) is 3.04. The smallest absolute Gasteiger partial charge is 0.329 e. The maximum atomic E-state index is 14.3. The Bertz CT molecular complexity index is 1640. The Labute approximate surface area is 370 Å². The second-order valence-electron chi connectivity index (χ2n) is 19.1. The normalized spacial score (nSPS) is 39.4. The lowest BCUT2D eigenvalue weighted by Gasteiger charge is -2.38. The fourth-order valence-corrected chi connectivity index (χ4v) is 9.81. The second kappa shape index (κ2) is 24.7. The lowest BCUT2D eigenvalue weighted by Crippen LogP contribution is -2.55. The standard InChI is InChI=1S/C50H77NO11/c1-30-15-11-10-12-16-31(2)42(59-8)28-39-23-18-32(3)47(61-39)46(56)49(57)51-24-14-13-17-40(51)50(58)62-43(34(5)27-37-19-21-38(52)22-20-37)29-41(53)33(4)26-36(7)45(55)48(60-9)44(54)35(6)25-30/h10-12,15-16,26,30,32-35,37-40,42-43,45,47-48,52,55H,13-14,17-25,27-29H2,1-9H3/b12-10+,15-11+,31-16+,36-26+/t30-,32-,33-,34-,35-,37?,38?,39+,40+,42+,43+,45-,47-,48+/m1/s1. The number of piperidine rings is 1. The van der Waals surface area contributed by atoms with Gasteiger partial charge in [0.25, 0.3) is 5.91 Å². The highest BCUT2D eigenvalue weighted by atomic mass is 16.5. The monoisotopic (exact) mass is 868 g/mol. The lowest BCUT2D eigenvalue weighted by molar-refractivity contribution is -0.170. The predicted octanol–water partition coefficient (Wildman–Crippen LogP) is 7.24. The van der Waals surface area contributed by atoms with Crippen LogP contribution in [0.25, 0.3) is 0 Å². The molecule has 3 heterocycles. The zero-order valence-corrected chi connectivity index (χ0v) is 39.0. The number of rotatable bonds is 5. The maximum Gasteiger partial charge on any atom is 0.329 e. The third-order valence-corrected chi connectivity index (χ3v) is 13.9. The van der Waals surface area contributed by atoms with Gasteiger partial charge in [-0.2, -0.15) is 0 Å². The van der Waals surface area contributed by atoms with Gasteiger partial charge >= 0.3 is 5.97 Å². The van der Waals surface area contributed by atoms with Crippen molar-refractivity contribution in [1.29, 1.82) is 0 Å². The Morgan fingerprint density at radius 2 is 1.55 bits per heavy atom. The van der Waals surface area contributed by atoms with Gasteiger partial charge in [-0.1, -0.05) is 71.1 Å². The molecule has 2 bridgehead atoms. The summed E-state index contributed by atoms with van der Waals surface area (Å²) in [5, 5.41) is 21.5. The van der Waals surface area contributed by atoms with Crippen molar-refractivity contribution in [3.05, 3.63) is 47.6 Å². The van der Waals surface area contributed by atoms with Gasteiger partial charge < -0.3 is 34.1 Å². The number of carbonyl (C=O) groups excluding carboxylic acids is 5. The summed E-state index contributed by atoms with van der Waals surface area (Å²) < 4.78 is 24.1. The molecule has 1 saturated carbocycles. The Morgan fingerprint density at radius 1 is 0.839 bits per heavy atom. The average molecular weight is 868 g/mol. The third-order valence-electron chi connectivity index (χ3n) is 13.9. The van der Waals surface area contributed by atoms with Crippen LogP contribution in [0.15, 0.2) is 47.6 Å². The Balaban J connectivity index is 1.67. The number of amides is 1. The van der Waals surface area contributed by atoms with Crippen LogP contribution in [0.4, 0.5) is 0 Å². The van der Waals surface area contributed by atoms with Crippen molar-refractivity contribution < 1.29 is 53.1 Å². The summed E-state index contributed by atoms with van der Waals surface area (Å²) in [6.07, 6.45) is 14.0. The van der Waals surface area contributed by atoms with Crippen molar-refractivity contribution >= 4 is 29.2 Å². The number of ether oxygens (including phenoxy) is 4. The molecule has 348 valence electrons. The Hall–Kier alpha value is -3.29. The molecule has 4 rings (SSSR count). The number of Topliss-reactive ketones (excluding diaryl/α,β-unsaturated/α-hetero) is 3. The van der Waals surface area contributed by atoms with E-state index in [1.54, 1.807) is 27.0 Å². The van der Waals surface area contributed by atoms with E-state index in [9.17, 15) is 34.2 Å². The molecule has 0 unspecified atom stereocenters. The molecular weight excluding hydrogens is 791 g/mol. The number of hydrogen-bond donors (Lipinski definition) is 2. The topological polar surface area (TPSA) is 166 Å². The van der Waals surface area contributed by atoms with Crippen molar-refractivity contribution in [3.63, 3.8) is 0 Å². The number of aliphatic hydroxyl groups excluding tert-OH is 2. The average Bonchev–Trinajstić information content (AvgIpc) is 3.25. The highest BCUT2D eigenvalue weighted by molar-refractivity contribution is 6.38. The molecule has 0 spiro atoms. The number of ketones is 3. The molecule has 2 saturated heterocycles. The number of cyclic esters (lactones) is 1. The largest absolute Gasteiger partial charge is 0.460 e. The first kappa shape index (κ1) is 51.3. The number of nitrogens with zero attached hydrogens (tertiary/aromatic N) is 1. The molecule has 62 heavy (non-hydrogen) atoms. The van der Waals surface area contributed by atoms with Crippen LogP contribution < -0.4 is 0 Å². The summed E-state index contributed by atoms with van der Waals surface area (Å²) in [5.41, 5.74) is 1.39. The van der Waals surface area contributed by atoms with Crippen molar-refractivity contribution in [3.8, 4) is 0 Å². The van der Waals surface area contributed by atoms with Gasteiger partial charge in [0.05, 0.1) is 18.3 Å². The van der Waals surface area contributed by atoms with Crippen LogP contribution >= 0.6 is 0 Å². The number of fused-ring (bicyclic) bond motifs is 3. The van der Waals surface area contributed by atoms with Crippen LogP contribution in [-0.4, -0.2) is 114 Å². The molecule has 0 aromatic heterocycles. The molecule has 4 aliphatic rings. The lowest BCUT2D eigenvalue weighted by atomic mass is 9.79. The van der Waals surface area contributed by atoms with Gasteiger partial charge in [0.2, 0.25) is 5.78 Å². The Kier molecular flexibility index (Phi) is 20.4. The maximum absolute atomic E-state index is 14.3. The molecule has 12 atom stereocenters. The first-order chi connectivity index (χ1) is 29.4. The SMILES string of the molecule is CO[C@H]1C[C@@H]2CC[C@@H](C)[C@@H](O2)C(=O)C(=O)N2CCCC[C@H]2C(=O)O[C@H]([C@H](C)CC2CCC(O)CC2)CC(=O)[C@H](C)/C=C(\C)[C@@H](O)[C@@H](OC)C(=O)[C@H](C)C[C@H](C)/C=C/C=C/C=C/1C. The van der Waals surface area contributed by atoms with Gasteiger partial charge in [-0.25, -0.2) is 4.79 Å².